The van der Waals surface area contributed by atoms with Crippen molar-refractivity contribution in [3.63, 3.8) is 0 Å². The molecule has 0 saturated carbocycles. The molecule has 0 spiro atoms. The van der Waals surface area contributed by atoms with Crippen LogP contribution in [0.2, 0.25) is 0 Å². The zero-order chi connectivity index (χ0) is 23.7. The predicted molar refractivity (Wildman–Crippen MR) is 134 cm³/mol. The maximum Gasteiger partial charge on any atom is 0.326 e. The number of carbonyl (C=O) groups is 2. The van der Waals surface area contributed by atoms with E-state index in [4.69, 9.17) is 4.98 Å². The lowest BCUT2D eigenvalue weighted by Crippen LogP contribution is -2.52. The monoisotopic (exact) mass is 477 g/mol. The topological polar surface area (TPSA) is 68.8 Å². The summed E-state index contributed by atoms with van der Waals surface area (Å²) in [4.78, 5) is 37.3. The zero-order valence-electron chi connectivity index (χ0n) is 19.7. The van der Waals surface area contributed by atoms with Gasteiger partial charge < -0.3 is 5.32 Å². The van der Waals surface area contributed by atoms with Gasteiger partial charge in [0.15, 0.2) is 0 Å². The van der Waals surface area contributed by atoms with Crippen LogP contribution in [0.4, 0.5) is 4.79 Å². The minimum absolute atomic E-state index is 0.143. The van der Waals surface area contributed by atoms with Crippen molar-refractivity contribution in [1.82, 2.24) is 25.0 Å². The van der Waals surface area contributed by atoms with Crippen molar-refractivity contribution in [2.45, 2.75) is 38.3 Å². The fourth-order valence-electron chi connectivity index (χ4n) is 5.08. The molecule has 0 unspecified atom stereocenters. The average Bonchev–Trinajstić information content (AvgIpc) is 3.40. The van der Waals surface area contributed by atoms with E-state index in [0.717, 1.165) is 48.7 Å². The number of hydrogen-bond donors (Lipinski definition) is 1. The molecule has 3 amide bonds. The quantitative estimate of drug-likeness (QED) is 0.517. The molecule has 34 heavy (non-hydrogen) atoms. The number of rotatable bonds is 7. The van der Waals surface area contributed by atoms with Crippen LogP contribution in [0.1, 0.15) is 43.3 Å². The van der Waals surface area contributed by atoms with Gasteiger partial charge in [-0.2, -0.15) is 0 Å². The van der Waals surface area contributed by atoms with E-state index in [1.54, 1.807) is 11.3 Å². The number of hydrogen-bond acceptors (Lipinski definition) is 6. The lowest BCUT2D eigenvalue weighted by molar-refractivity contribution is -0.133. The van der Waals surface area contributed by atoms with Crippen LogP contribution in [-0.2, 0) is 10.3 Å². The third-order valence-corrected chi connectivity index (χ3v) is 8.24. The van der Waals surface area contributed by atoms with E-state index >= 15 is 0 Å². The number of piperazine rings is 1. The molecule has 178 valence electrons. The van der Waals surface area contributed by atoms with Crippen molar-refractivity contribution in [2.75, 3.05) is 32.8 Å². The van der Waals surface area contributed by atoms with Gasteiger partial charge in [-0.05, 0) is 31.0 Å². The lowest BCUT2D eigenvalue weighted by Gasteiger charge is -2.38. The average molecular weight is 478 g/mol. The van der Waals surface area contributed by atoms with Gasteiger partial charge in [0.1, 0.15) is 10.5 Å². The van der Waals surface area contributed by atoms with Crippen molar-refractivity contribution in [3.05, 3.63) is 65.2 Å². The molecular formula is C26H31N5O2S. The van der Waals surface area contributed by atoms with Crippen molar-refractivity contribution in [1.29, 1.82) is 0 Å². The summed E-state index contributed by atoms with van der Waals surface area (Å²) in [5.41, 5.74) is 0.948. The van der Waals surface area contributed by atoms with Crippen LogP contribution in [0.25, 0.3) is 10.2 Å². The molecule has 5 rings (SSSR count). The molecule has 2 aromatic carbocycles. The van der Waals surface area contributed by atoms with Gasteiger partial charge in [0.05, 0.1) is 22.9 Å². The van der Waals surface area contributed by atoms with Gasteiger partial charge in [0, 0.05) is 26.2 Å². The Balaban J connectivity index is 1.23. The highest BCUT2D eigenvalue weighted by Gasteiger charge is 2.52. The highest BCUT2D eigenvalue weighted by atomic mass is 32.1. The molecular weight excluding hydrogens is 446 g/mol. The Morgan fingerprint density at radius 2 is 1.74 bits per heavy atom. The SMILES string of the molecule is CCC[C@]1(c2ccccc2)NC(=O)N(CN2CCN([C@H](C)c3nc4ccccc4s3)CC2)C1=O. The standard InChI is InChI=1S/C26H31N5O2S/c1-3-13-26(20-9-5-4-6-10-20)24(32)31(25(33)28-26)18-29-14-16-30(17-15-29)19(2)23-27-21-11-7-8-12-22(21)34-23/h4-12,19H,3,13-18H2,1-2H3,(H,28,33)/t19-,26-/m1/s1. The lowest BCUT2D eigenvalue weighted by atomic mass is 9.85. The number of nitrogens with zero attached hydrogens (tertiary/aromatic N) is 4. The Bertz CT molecular complexity index is 1140. The number of carbonyl (C=O) groups excluding carboxylic acids is 2. The van der Waals surface area contributed by atoms with Gasteiger partial charge in [0.2, 0.25) is 0 Å². The van der Waals surface area contributed by atoms with Crippen LogP contribution in [-0.4, -0.2) is 64.5 Å². The van der Waals surface area contributed by atoms with Crippen LogP contribution >= 0.6 is 11.3 Å². The number of benzene rings is 2. The number of nitrogens with one attached hydrogen (secondary N) is 1. The first-order valence-corrected chi connectivity index (χ1v) is 12.8. The fraction of sp³-hybridized carbons (Fsp3) is 0.423. The molecule has 2 atom stereocenters. The maximum absolute atomic E-state index is 13.5. The van der Waals surface area contributed by atoms with E-state index < -0.39 is 5.54 Å². The van der Waals surface area contributed by atoms with Crippen LogP contribution in [0.5, 0.6) is 0 Å². The Labute approximate surface area is 204 Å². The fourth-order valence-corrected chi connectivity index (χ4v) is 6.13. The van der Waals surface area contributed by atoms with Crippen LogP contribution in [0, 0.1) is 0 Å². The van der Waals surface area contributed by atoms with Crippen molar-refractivity contribution >= 4 is 33.5 Å². The molecule has 2 fully saturated rings. The number of para-hydroxylation sites is 1. The summed E-state index contributed by atoms with van der Waals surface area (Å²) in [5.74, 6) is -0.143. The van der Waals surface area contributed by atoms with Crippen LogP contribution in [0.15, 0.2) is 54.6 Å². The molecule has 1 N–H and O–H groups in total. The summed E-state index contributed by atoms with van der Waals surface area (Å²) in [6.07, 6.45) is 1.39. The van der Waals surface area contributed by atoms with E-state index in [1.807, 2.05) is 43.3 Å². The summed E-state index contributed by atoms with van der Waals surface area (Å²) in [6, 6.07) is 17.8. The van der Waals surface area contributed by atoms with Crippen LogP contribution < -0.4 is 5.32 Å². The first-order valence-electron chi connectivity index (χ1n) is 12.0. The highest BCUT2D eigenvalue weighted by Crippen LogP contribution is 2.34. The minimum atomic E-state index is -0.962. The Kier molecular flexibility index (Phi) is 6.38. The predicted octanol–water partition coefficient (Wildman–Crippen LogP) is 4.18. The molecule has 1 aromatic heterocycles. The van der Waals surface area contributed by atoms with E-state index in [-0.39, 0.29) is 18.0 Å². The van der Waals surface area contributed by atoms with Gasteiger partial charge in [0.25, 0.3) is 5.91 Å². The smallest absolute Gasteiger partial charge is 0.319 e. The second-order valence-electron chi connectivity index (χ2n) is 9.18. The van der Waals surface area contributed by atoms with E-state index in [1.165, 1.54) is 9.60 Å². The molecule has 3 aromatic rings. The first-order chi connectivity index (χ1) is 16.5. The number of amides is 3. The van der Waals surface area contributed by atoms with E-state index in [0.29, 0.717) is 13.1 Å². The van der Waals surface area contributed by atoms with Gasteiger partial charge in [-0.3, -0.25) is 14.6 Å². The molecule has 2 aliphatic heterocycles. The Hall–Kier alpha value is -2.81. The Morgan fingerprint density at radius 1 is 1.03 bits per heavy atom. The molecule has 2 saturated heterocycles. The van der Waals surface area contributed by atoms with Crippen molar-refractivity contribution in [2.24, 2.45) is 0 Å². The molecule has 3 heterocycles. The third kappa shape index (κ3) is 4.10. The van der Waals surface area contributed by atoms with Gasteiger partial charge in [-0.25, -0.2) is 14.7 Å². The summed E-state index contributed by atoms with van der Waals surface area (Å²) in [5, 5.41) is 4.16. The normalized spacial score (nSPS) is 22.9. The summed E-state index contributed by atoms with van der Waals surface area (Å²) in [6.45, 7) is 7.94. The van der Waals surface area contributed by atoms with Crippen molar-refractivity contribution < 1.29 is 9.59 Å². The van der Waals surface area contributed by atoms with E-state index in [2.05, 4.69) is 40.2 Å². The maximum atomic E-state index is 13.5. The first kappa shape index (κ1) is 23.0. The number of fused-ring (bicyclic) bond motifs is 1. The number of urea groups is 1. The molecule has 0 radical (unpaired) electrons. The molecule has 0 bridgehead atoms. The largest absolute Gasteiger partial charge is 0.326 e. The highest BCUT2D eigenvalue weighted by molar-refractivity contribution is 7.18. The summed E-state index contributed by atoms with van der Waals surface area (Å²) >= 11 is 1.76. The molecule has 2 aliphatic rings. The molecule has 8 heteroatoms. The van der Waals surface area contributed by atoms with Gasteiger partial charge in [-0.15, -0.1) is 11.3 Å². The van der Waals surface area contributed by atoms with E-state index in [9.17, 15) is 9.59 Å². The second-order valence-corrected chi connectivity index (χ2v) is 10.2. The third-order valence-electron chi connectivity index (χ3n) is 7.03. The summed E-state index contributed by atoms with van der Waals surface area (Å²) < 4.78 is 1.22. The second kappa shape index (κ2) is 9.44. The number of thiazole rings is 1. The van der Waals surface area contributed by atoms with Crippen LogP contribution in [0.3, 0.4) is 0 Å². The zero-order valence-corrected chi connectivity index (χ0v) is 20.6. The Morgan fingerprint density at radius 3 is 2.44 bits per heavy atom. The number of aromatic nitrogens is 1. The minimum Gasteiger partial charge on any atom is -0.319 e. The molecule has 0 aliphatic carbocycles. The van der Waals surface area contributed by atoms with Gasteiger partial charge in [-0.1, -0.05) is 55.8 Å². The van der Waals surface area contributed by atoms with Crippen molar-refractivity contribution in [3.8, 4) is 0 Å². The molecule has 7 nitrogen and oxygen atoms in total. The summed E-state index contributed by atoms with van der Waals surface area (Å²) in [7, 11) is 0. The number of imide groups is 1. The van der Waals surface area contributed by atoms with Gasteiger partial charge >= 0.3 is 6.03 Å².